The Morgan fingerprint density at radius 1 is 1.59 bits per heavy atom. The Labute approximate surface area is 102 Å². The molecule has 0 aliphatic carbocycles. The maximum atomic E-state index is 10.8. The molecule has 17 heavy (non-hydrogen) atoms. The molecule has 6 nitrogen and oxygen atoms in total. The SMILES string of the molecule is CCCn1cc(OCC(C)CS(N)(=O)=O)cn1. The second kappa shape index (κ2) is 6.02. The molecule has 1 aromatic heterocycles. The van der Waals surface area contributed by atoms with Crippen molar-refractivity contribution in [2.24, 2.45) is 11.1 Å². The molecule has 1 unspecified atom stereocenters. The highest BCUT2D eigenvalue weighted by Crippen LogP contribution is 2.10. The maximum Gasteiger partial charge on any atom is 0.209 e. The molecule has 0 amide bonds. The van der Waals surface area contributed by atoms with Gasteiger partial charge in [0.15, 0.2) is 5.75 Å². The Balaban J connectivity index is 2.39. The van der Waals surface area contributed by atoms with Crippen LogP contribution >= 0.6 is 0 Å². The van der Waals surface area contributed by atoms with Crippen molar-refractivity contribution in [2.75, 3.05) is 12.4 Å². The van der Waals surface area contributed by atoms with Crippen LogP contribution in [0.5, 0.6) is 5.75 Å². The van der Waals surface area contributed by atoms with Gasteiger partial charge in [-0.2, -0.15) is 5.10 Å². The first-order valence-corrected chi connectivity index (χ1v) is 7.28. The van der Waals surface area contributed by atoms with Crippen LogP contribution in [0.2, 0.25) is 0 Å². The van der Waals surface area contributed by atoms with Gasteiger partial charge >= 0.3 is 0 Å². The predicted molar refractivity (Wildman–Crippen MR) is 65.2 cm³/mol. The summed E-state index contributed by atoms with van der Waals surface area (Å²) in [6.07, 6.45) is 4.43. The van der Waals surface area contributed by atoms with Crippen molar-refractivity contribution in [3.8, 4) is 5.75 Å². The van der Waals surface area contributed by atoms with E-state index in [9.17, 15) is 8.42 Å². The monoisotopic (exact) mass is 261 g/mol. The zero-order chi connectivity index (χ0) is 12.9. The largest absolute Gasteiger partial charge is 0.490 e. The van der Waals surface area contributed by atoms with E-state index in [4.69, 9.17) is 9.88 Å². The number of aryl methyl sites for hydroxylation is 1. The molecule has 0 radical (unpaired) electrons. The lowest BCUT2D eigenvalue weighted by atomic mass is 10.2. The third-order valence-electron chi connectivity index (χ3n) is 2.11. The highest BCUT2D eigenvalue weighted by molar-refractivity contribution is 7.89. The molecule has 2 N–H and O–H groups in total. The number of rotatable bonds is 7. The zero-order valence-corrected chi connectivity index (χ0v) is 11.0. The topological polar surface area (TPSA) is 87.2 Å². The predicted octanol–water partition coefficient (Wildman–Crippen LogP) is 0.596. The van der Waals surface area contributed by atoms with Crippen LogP contribution in [0.15, 0.2) is 12.4 Å². The second-order valence-corrected chi connectivity index (χ2v) is 5.84. The number of hydrogen-bond donors (Lipinski definition) is 1. The van der Waals surface area contributed by atoms with Crippen LogP contribution in [0, 0.1) is 5.92 Å². The van der Waals surface area contributed by atoms with E-state index in [1.165, 1.54) is 0 Å². The molecule has 1 aromatic rings. The van der Waals surface area contributed by atoms with Gasteiger partial charge in [0.1, 0.15) is 0 Å². The Morgan fingerprint density at radius 2 is 2.29 bits per heavy atom. The molecular formula is C10H19N3O3S. The van der Waals surface area contributed by atoms with Crippen LogP contribution in [0.25, 0.3) is 0 Å². The number of hydrogen-bond acceptors (Lipinski definition) is 4. The smallest absolute Gasteiger partial charge is 0.209 e. The van der Waals surface area contributed by atoms with Gasteiger partial charge in [0.25, 0.3) is 0 Å². The average Bonchev–Trinajstić information content (AvgIpc) is 2.61. The second-order valence-electron chi connectivity index (χ2n) is 4.18. The number of nitrogens with two attached hydrogens (primary N) is 1. The summed E-state index contributed by atoms with van der Waals surface area (Å²) in [5, 5.41) is 9.06. The molecule has 0 fully saturated rings. The Kier molecular flexibility index (Phi) is 4.95. The van der Waals surface area contributed by atoms with Crippen LogP contribution in [0.3, 0.4) is 0 Å². The highest BCUT2D eigenvalue weighted by atomic mass is 32.2. The molecule has 1 heterocycles. The summed E-state index contributed by atoms with van der Waals surface area (Å²) in [6, 6.07) is 0. The van der Waals surface area contributed by atoms with Gasteiger partial charge in [0.05, 0.1) is 24.8 Å². The first kappa shape index (κ1) is 14.0. The van der Waals surface area contributed by atoms with Gasteiger partial charge in [0.2, 0.25) is 10.0 Å². The third-order valence-corrected chi connectivity index (χ3v) is 3.15. The molecule has 0 saturated carbocycles. The summed E-state index contributed by atoms with van der Waals surface area (Å²) < 4.78 is 28.9. The van der Waals surface area contributed by atoms with Crippen molar-refractivity contribution in [3.63, 3.8) is 0 Å². The average molecular weight is 261 g/mol. The molecule has 1 atom stereocenters. The van der Waals surface area contributed by atoms with Crippen molar-refractivity contribution in [1.29, 1.82) is 0 Å². The first-order chi connectivity index (χ1) is 7.90. The molecule has 0 aliphatic heterocycles. The van der Waals surface area contributed by atoms with E-state index in [0.29, 0.717) is 12.4 Å². The minimum Gasteiger partial charge on any atom is -0.490 e. The van der Waals surface area contributed by atoms with Crippen LogP contribution in [-0.2, 0) is 16.6 Å². The zero-order valence-electron chi connectivity index (χ0n) is 10.2. The molecule has 0 spiro atoms. The van der Waals surface area contributed by atoms with Crippen LogP contribution in [-0.4, -0.2) is 30.6 Å². The van der Waals surface area contributed by atoms with Gasteiger partial charge < -0.3 is 4.74 Å². The van der Waals surface area contributed by atoms with Crippen LogP contribution in [0.4, 0.5) is 0 Å². The lowest BCUT2D eigenvalue weighted by Gasteiger charge is -2.10. The number of aromatic nitrogens is 2. The summed E-state index contributed by atoms with van der Waals surface area (Å²) in [5.74, 6) is 0.440. The summed E-state index contributed by atoms with van der Waals surface area (Å²) in [7, 11) is -3.43. The van der Waals surface area contributed by atoms with Crippen LogP contribution in [0.1, 0.15) is 20.3 Å². The Hall–Kier alpha value is -1.08. The van der Waals surface area contributed by atoms with Gasteiger partial charge in [-0.3, -0.25) is 4.68 Å². The van der Waals surface area contributed by atoms with Gasteiger partial charge in [-0.1, -0.05) is 13.8 Å². The third kappa shape index (κ3) is 5.69. The van der Waals surface area contributed by atoms with Crippen LogP contribution < -0.4 is 9.88 Å². The number of nitrogens with zero attached hydrogens (tertiary/aromatic N) is 2. The summed E-state index contributed by atoms with van der Waals surface area (Å²) in [5.41, 5.74) is 0. The van der Waals surface area contributed by atoms with Gasteiger partial charge in [0, 0.05) is 12.5 Å². The standard InChI is InChI=1S/C10H19N3O3S/c1-3-4-13-6-10(5-12-13)16-7-9(2)8-17(11,14)15/h5-6,9H,3-4,7-8H2,1-2H3,(H2,11,14,15). The maximum absolute atomic E-state index is 10.8. The summed E-state index contributed by atoms with van der Waals surface area (Å²) in [6.45, 7) is 5.00. The van der Waals surface area contributed by atoms with Gasteiger partial charge in [-0.15, -0.1) is 0 Å². The number of sulfonamides is 1. The molecule has 0 saturated heterocycles. The Bertz CT molecular complexity index is 441. The fraction of sp³-hybridized carbons (Fsp3) is 0.700. The first-order valence-electron chi connectivity index (χ1n) is 5.56. The summed E-state index contributed by atoms with van der Waals surface area (Å²) >= 11 is 0. The van der Waals surface area contributed by atoms with E-state index >= 15 is 0 Å². The normalized spacial score (nSPS) is 13.6. The van der Waals surface area contributed by atoms with E-state index in [-0.39, 0.29) is 11.7 Å². The minimum atomic E-state index is -3.43. The quantitative estimate of drug-likeness (QED) is 0.778. The number of primary sulfonamides is 1. The molecule has 1 rings (SSSR count). The fourth-order valence-electron chi connectivity index (χ4n) is 1.45. The Morgan fingerprint density at radius 3 is 2.88 bits per heavy atom. The molecule has 7 heteroatoms. The number of ether oxygens (including phenoxy) is 1. The molecular weight excluding hydrogens is 242 g/mol. The van der Waals surface area contributed by atoms with Gasteiger partial charge in [-0.25, -0.2) is 13.6 Å². The molecule has 98 valence electrons. The van der Waals surface area contributed by atoms with E-state index < -0.39 is 10.0 Å². The van der Waals surface area contributed by atoms with E-state index in [2.05, 4.69) is 12.0 Å². The van der Waals surface area contributed by atoms with E-state index in [0.717, 1.165) is 13.0 Å². The van der Waals surface area contributed by atoms with E-state index in [1.54, 1.807) is 24.0 Å². The fourth-order valence-corrected chi connectivity index (χ4v) is 2.34. The summed E-state index contributed by atoms with van der Waals surface area (Å²) in [4.78, 5) is 0. The van der Waals surface area contributed by atoms with Crippen molar-refractivity contribution >= 4 is 10.0 Å². The van der Waals surface area contributed by atoms with Gasteiger partial charge in [-0.05, 0) is 6.42 Å². The van der Waals surface area contributed by atoms with Crippen molar-refractivity contribution in [1.82, 2.24) is 9.78 Å². The highest BCUT2D eigenvalue weighted by Gasteiger charge is 2.12. The molecule has 0 aromatic carbocycles. The van der Waals surface area contributed by atoms with Crippen molar-refractivity contribution in [2.45, 2.75) is 26.8 Å². The van der Waals surface area contributed by atoms with Crippen molar-refractivity contribution < 1.29 is 13.2 Å². The van der Waals surface area contributed by atoms with Crippen molar-refractivity contribution in [3.05, 3.63) is 12.4 Å². The van der Waals surface area contributed by atoms with E-state index in [1.807, 2.05) is 0 Å². The molecule has 0 bridgehead atoms. The molecule has 0 aliphatic rings. The lowest BCUT2D eigenvalue weighted by molar-refractivity contribution is 0.271. The minimum absolute atomic E-state index is 0.0733. The lowest BCUT2D eigenvalue weighted by Crippen LogP contribution is -2.24.